The van der Waals surface area contributed by atoms with Crippen molar-refractivity contribution in [2.45, 2.75) is 0 Å². The Balaban J connectivity index is 1.67. The molecule has 0 atom stereocenters. The average Bonchev–Trinajstić information content (AvgIpc) is 2.87. The molecule has 2 amide bonds. The number of nitrogens with one attached hydrogen (secondary N) is 1. The zero-order chi connectivity index (χ0) is 17.6. The summed E-state index contributed by atoms with van der Waals surface area (Å²) >= 11 is 0. The second kappa shape index (κ2) is 5.38. The Kier molecular flexibility index (Phi) is 3.17. The molecule has 0 saturated heterocycles. The average molecular weight is 335 g/mol. The van der Waals surface area contributed by atoms with Gasteiger partial charge in [-0.1, -0.05) is 17.2 Å². The molecule has 0 spiro atoms. The highest BCUT2D eigenvalue weighted by Gasteiger charge is 2.38. The van der Waals surface area contributed by atoms with Crippen LogP contribution in [0.15, 0.2) is 53.6 Å². The maximum Gasteiger partial charge on any atom is 0.380 e. The fraction of sp³-hybridized carbons (Fsp3) is 0. The van der Waals surface area contributed by atoms with Crippen molar-refractivity contribution in [3.8, 4) is 0 Å². The highest BCUT2D eigenvalue weighted by atomic mass is 16.7. The Morgan fingerprint density at radius 2 is 1.72 bits per heavy atom. The fourth-order valence-electron chi connectivity index (χ4n) is 2.59. The van der Waals surface area contributed by atoms with Gasteiger partial charge in [0.25, 0.3) is 17.4 Å². The number of rotatable bonds is 2. The maximum atomic E-state index is 12.3. The van der Waals surface area contributed by atoms with Gasteiger partial charge in [-0.25, -0.2) is 4.79 Å². The number of hydrogen-bond donors (Lipinski definition) is 1. The molecule has 8 heteroatoms. The molecule has 25 heavy (non-hydrogen) atoms. The van der Waals surface area contributed by atoms with Gasteiger partial charge in [0.05, 0.1) is 16.5 Å². The number of carbonyl (C=O) groups excluding carboxylic acids is 3. The molecule has 1 N–H and O–H groups in total. The largest absolute Gasteiger partial charge is 0.380 e. The second-order valence-electron chi connectivity index (χ2n) is 5.30. The van der Waals surface area contributed by atoms with Crippen molar-refractivity contribution in [3.05, 3.63) is 76.0 Å². The quantitative estimate of drug-likeness (QED) is 0.707. The minimum Gasteiger partial charge on any atom is -0.323 e. The number of nitrogens with zero attached hydrogens (tertiary/aromatic N) is 2. The third kappa shape index (κ3) is 2.27. The first-order chi connectivity index (χ1) is 12.1. The Labute approximate surface area is 139 Å². The number of carbonyl (C=O) groups is 3. The molecule has 3 heterocycles. The topological polar surface area (TPSA) is 109 Å². The smallest absolute Gasteiger partial charge is 0.323 e. The van der Waals surface area contributed by atoms with E-state index in [0.717, 1.165) is 0 Å². The van der Waals surface area contributed by atoms with Crippen molar-refractivity contribution in [2.75, 3.05) is 0 Å². The van der Waals surface area contributed by atoms with Crippen LogP contribution >= 0.6 is 0 Å². The van der Waals surface area contributed by atoms with Gasteiger partial charge in [-0.3, -0.25) is 19.4 Å². The van der Waals surface area contributed by atoms with Crippen LogP contribution in [0.4, 0.5) is 0 Å². The summed E-state index contributed by atoms with van der Waals surface area (Å²) in [4.78, 5) is 59.8. The first-order valence-electron chi connectivity index (χ1n) is 7.23. The van der Waals surface area contributed by atoms with Crippen LogP contribution in [-0.4, -0.2) is 32.8 Å². The van der Waals surface area contributed by atoms with Crippen molar-refractivity contribution in [1.82, 2.24) is 15.0 Å². The molecule has 2 aromatic heterocycles. The highest BCUT2D eigenvalue weighted by Crippen LogP contribution is 2.23. The van der Waals surface area contributed by atoms with Crippen LogP contribution in [0.2, 0.25) is 0 Å². The highest BCUT2D eigenvalue weighted by molar-refractivity contribution is 6.21. The minimum absolute atomic E-state index is 0.151. The van der Waals surface area contributed by atoms with E-state index in [1.807, 2.05) is 0 Å². The van der Waals surface area contributed by atoms with E-state index < -0.39 is 23.3 Å². The van der Waals surface area contributed by atoms with Crippen molar-refractivity contribution in [3.63, 3.8) is 0 Å². The molecule has 1 aromatic carbocycles. The number of aromatic nitrogens is 2. The van der Waals surface area contributed by atoms with E-state index in [0.29, 0.717) is 15.8 Å². The van der Waals surface area contributed by atoms with E-state index >= 15 is 0 Å². The number of aromatic amines is 1. The van der Waals surface area contributed by atoms with Crippen molar-refractivity contribution >= 4 is 28.6 Å². The van der Waals surface area contributed by atoms with Gasteiger partial charge < -0.3 is 9.82 Å². The first-order valence-corrected chi connectivity index (χ1v) is 7.23. The van der Waals surface area contributed by atoms with Crippen molar-refractivity contribution in [1.29, 1.82) is 0 Å². The lowest BCUT2D eigenvalue weighted by Gasteiger charge is -2.12. The molecule has 3 aromatic rings. The van der Waals surface area contributed by atoms with E-state index in [-0.39, 0.29) is 16.8 Å². The van der Waals surface area contributed by atoms with Crippen LogP contribution in [0, 0.1) is 0 Å². The zero-order valence-corrected chi connectivity index (χ0v) is 12.6. The van der Waals surface area contributed by atoms with Crippen LogP contribution in [0.5, 0.6) is 0 Å². The number of H-pyrrole nitrogens is 1. The molecule has 0 aliphatic carbocycles. The number of amides is 2. The van der Waals surface area contributed by atoms with Crippen LogP contribution in [0.25, 0.3) is 10.8 Å². The minimum atomic E-state index is -1.02. The summed E-state index contributed by atoms with van der Waals surface area (Å²) in [6.07, 6.45) is 2.84. The van der Waals surface area contributed by atoms with E-state index in [9.17, 15) is 19.2 Å². The summed E-state index contributed by atoms with van der Waals surface area (Å²) < 4.78 is 0. The summed E-state index contributed by atoms with van der Waals surface area (Å²) in [5.74, 6) is -2.49. The molecular weight excluding hydrogens is 326 g/mol. The van der Waals surface area contributed by atoms with Gasteiger partial charge in [0.15, 0.2) is 0 Å². The standard InChI is InChI=1S/C17H9N3O5/c21-14-12-8-18-6-5-9(12)7-13(19-14)17(24)25-20-15(22)10-3-1-2-4-11(10)16(20)23/h1-8H,(H,19,21). The lowest BCUT2D eigenvalue weighted by Crippen LogP contribution is -2.33. The summed E-state index contributed by atoms with van der Waals surface area (Å²) in [5.41, 5.74) is -0.406. The molecule has 1 aliphatic heterocycles. The molecule has 4 rings (SSSR count). The molecule has 0 unspecified atom stereocenters. The van der Waals surface area contributed by atoms with E-state index in [1.54, 1.807) is 18.2 Å². The molecule has 1 aliphatic rings. The molecule has 0 saturated carbocycles. The van der Waals surface area contributed by atoms with E-state index in [4.69, 9.17) is 4.84 Å². The number of hydrogen-bond acceptors (Lipinski definition) is 6. The summed E-state index contributed by atoms with van der Waals surface area (Å²) in [5, 5.41) is 1.18. The van der Waals surface area contributed by atoms with Gasteiger partial charge in [0.2, 0.25) is 0 Å². The number of imide groups is 1. The van der Waals surface area contributed by atoms with E-state index in [1.165, 1.54) is 30.6 Å². The van der Waals surface area contributed by atoms with Crippen LogP contribution in [-0.2, 0) is 4.84 Å². The van der Waals surface area contributed by atoms with Gasteiger partial charge in [-0.2, -0.15) is 0 Å². The van der Waals surface area contributed by atoms with Crippen LogP contribution < -0.4 is 5.56 Å². The van der Waals surface area contributed by atoms with Crippen molar-refractivity contribution < 1.29 is 19.2 Å². The Hall–Kier alpha value is -3.81. The maximum absolute atomic E-state index is 12.3. The number of pyridine rings is 2. The molecule has 0 fully saturated rings. The molecular formula is C17H9N3O5. The summed E-state index contributed by atoms with van der Waals surface area (Å²) in [7, 11) is 0. The Morgan fingerprint density at radius 3 is 2.40 bits per heavy atom. The lowest BCUT2D eigenvalue weighted by atomic mass is 10.1. The first kappa shape index (κ1) is 14.8. The molecule has 0 bridgehead atoms. The third-order valence-electron chi connectivity index (χ3n) is 3.80. The van der Waals surface area contributed by atoms with Crippen LogP contribution in [0.3, 0.4) is 0 Å². The molecule has 0 radical (unpaired) electrons. The van der Waals surface area contributed by atoms with Gasteiger partial charge in [-0.05, 0) is 29.7 Å². The monoisotopic (exact) mass is 335 g/mol. The Morgan fingerprint density at radius 1 is 1.04 bits per heavy atom. The SMILES string of the molecule is O=C(ON1C(=O)c2ccccc2C1=O)c1cc2ccncc2c(=O)[nH]1. The number of fused-ring (bicyclic) bond motifs is 2. The van der Waals surface area contributed by atoms with Crippen molar-refractivity contribution in [2.24, 2.45) is 0 Å². The summed E-state index contributed by atoms with van der Waals surface area (Å²) in [6.45, 7) is 0. The second-order valence-corrected chi connectivity index (χ2v) is 5.30. The van der Waals surface area contributed by atoms with Gasteiger partial charge in [-0.15, -0.1) is 0 Å². The lowest BCUT2D eigenvalue weighted by molar-refractivity contribution is -0.0588. The van der Waals surface area contributed by atoms with Gasteiger partial charge in [0.1, 0.15) is 5.69 Å². The molecule has 8 nitrogen and oxygen atoms in total. The van der Waals surface area contributed by atoms with Crippen LogP contribution in [0.1, 0.15) is 31.2 Å². The van der Waals surface area contributed by atoms with Gasteiger partial charge in [0, 0.05) is 12.4 Å². The predicted molar refractivity (Wildman–Crippen MR) is 84.7 cm³/mol. The number of hydroxylamine groups is 2. The fourth-order valence-corrected chi connectivity index (χ4v) is 2.59. The zero-order valence-electron chi connectivity index (χ0n) is 12.6. The summed E-state index contributed by atoms with van der Waals surface area (Å²) in [6, 6.07) is 9.08. The molecule has 122 valence electrons. The predicted octanol–water partition coefficient (Wildman–Crippen LogP) is 1.29. The van der Waals surface area contributed by atoms with Gasteiger partial charge >= 0.3 is 5.97 Å². The Bertz CT molecular complexity index is 1080. The number of benzene rings is 1. The normalized spacial score (nSPS) is 13.2. The third-order valence-corrected chi connectivity index (χ3v) is 3.80. The van der Waals surface area contributed by atoms with E-state index in [2.05, 4.69) is 9.97 Å².